The summed E-state index contributed by atoms with van der Waals surface area (Å²) in [7, 11) is -3.80. The van der Waals surface area contributed by atoms with Crippen molar-refractivity contribution >= 4 is 27.9 Å². The quantitative estimate of drug-likeness (QED) is 0.593. The number of nitrogens with zero attached hydrogens (tertiary/aromatic N) is 3. The number of rotatable bonds is 5. The minimum Gasteiger partial charge on any atom is -0.508 e. The van der Waals surface area contributed by atoms with Crippen molar-refractivity contribution in [2.45, 2.75) is 4.90 Å². The van der Waals surface area contributed by atoms with E-state index in [2.05, 4.69) is 19.7 Å². The molecule has 9 heteroatoms. The molecule has 0 unspecified atom stereocenters. The highest BCUT2D eigenvalue weighted by atomic mass is 32.2. The lowest BCUT2D eigenvalue weighted by Crippen LogP contribution is -2.14. The van der Waals surface area contributed by atoms with Gasteiger partial charge in [0.15, 0.2) is 0 Å². The summed E-state index contributed by atoms with van der Waals surface area (Å²) >= 11 is 0. The molecule has 0 aliphatic rings. The Bertz CT molecular complexity index is 1020. The molecule has 0 bridgehead atoms. The number of phenols is 2. The van der Waals surface area contributed by atoms with Crippen LogP contribution in [0.25, 0.3) is 0 Å². The number of sulfonamides is 1. The molecule has 26 heavy (non-hydrogen) atoms. The molecule has 0 saturated carbocycles. The molecule has 1 heterocycles. The smallest absolute Gasteiger partial charge is 0.264 e. The van der Waals surface area contributed by atoms with Gasteiger partial charge in [0.1, 0.15) is 11.5 Å². The number of hydrogen-bond acceptors (Lipinski definition) is 7. The average molecular weight is 370 g/mol. The number of aromatic hydroxyl groups is 2. The van der Waals surface area contributed by atoms with Gasteiger partial charge in [-0.3, -0.25) is 4.99 Å². The zero-order valence-electron chi connectivity index (χ0n) is 13.3. The average Bonchev–Trinajstić information content (AvgIpc) is 2.60. The Morgan fingerprint density at radius 3 is 2.19 bits per heavy atom. The van der Waals surface area contributed by atoms with Crippen LogP contribution in [0.4, 0.5) is 11.6 Å². The molecule has 3 rings (SSSR count). The Kier molecular flexibility index (Phi) is 4.81. The van der Waals surface area contributed by atoms with Crippen molar-refractivity contribution in [1.82, 2.24) is 9.97 Å². The van der Waals surface area contributed by atoms with Crippen LogP contribution in [0, 0.1) is 0 Å². The molecule has 0 atom stereocenters. The van der Waals surface area contributed by atoms with E-state index in [1.807, 2.05) is 0 Å². The summed E-state index contributed by atoms with van der Waals surface area (Å²) in [4.78, 5) is 11.9. The molecule has 0 aliphatic heterocycles. The number of benzene rings is 2. The third-order valence-electron chi connectivity index (χ3n) is 3.23. The van der Waals surface area contributed by atoms with Gasteiger partial charge in [-0.2, -0.15) is 0 Å². The number of anilines is 1. The van der Waals surface area contributed by atoms with E-state index in [0.29, 0.717) is 11.3 Å². The summed E-state index contributed by atoms with van der Waals surface area (Å²) < 4.78 is 26.8. The van der Waals surface area contributed by atoms with Gasteiger partial charge in [-0.1, -0.05) is 0 Å². The van der Waals surface area contributed by atoms with Crippen LogP contribution in [-0.4, -0.2) is 34.8 Å². The Morgan fingerprint density at radius 1 is 0.962 bits per heavy atom. The fourth-order valence-corrected chi connectivity index (χ4v) is 3.04. The fraction of sp³-hybridized carbons (Fsp3) is 0. The zero-order valence-corrected chi connectivity index (χ0v) is 14.1. The van der Waals surface area contributed by atoms with Crippen molar-refractivity contribution < 1.29 is 18.6 Å². The summed E-state index contributed by atoms with van der Waals surface area (Å²) in [6, 6.07) is 11.5. The third-order valence-corrected chi connectivity index (χ3v) is 4.57. The molecule has 3 aromatic rings. The normalized spacial score (nSPS) is 11.5. The molecule has 0 saturated heterocycles. The van der Waals surface area contributed by atoms with Gasteiger partial charge in [-0.15, -0.1) is 0 Å². The summed E-state index contributed by atoms with van der Waals surface area (Å²) in [5.74, 6) is -0.178. The highest BCUT2D eigenvalue weighted by Crippen LogP contribution is 2.21. The first-order valence-corrected chi connectivity index (χ1v) is 8.88. The highest BCUT2D eigenvalue weighted by Gasteiger charge is 2.15. The van der Waals surface area contributed by atoms with Crippen molar-refractivity contribution in [3.63, 3.8) is 0 Å². The topological polar surface area (TPSA) is 125 Å². The lowest BCUT2D eigenvalue weighted by atomic mass is 10.2. The maximum Gasteiger partial charge on any atom is 0.264 e. The zero-order chi connectivity index (χ0) is 18.6. The van der Waals surface area contributed by atoms with Gasteiger partial charge in [0.25, 0.3) is 10.0 Å². The molecule has 0 aliphatic carbocycles. The number of nitrogens with one attached hydrogen (secondary N) is 1. The number of aromatic nitrogens is 2. The summed E-state index contributed by atoms with van der Waals surface area (Å²) in [6.07, 6.45) is 4.31. The Hall–Kier alpha value is -3.46. The molecular formula is C17H14N4O4S. The second kappa shape index (κ2) is 7.19. The highest BCUT2D eigenvalue weighted by molar-refractivity contribution is 7.92. The van der Waals surface area contributed by atoms with Crippen LogP contribution in [0.15, 0.2) is 70.8 Å². The summed E-state index contributed by atoms with van der Waals surface area (Å²) in [5.41, 5.74) is 1.00. The SMILES string of the molecule is O=S(=O)(Nc1ncccn1)c1ccc(N=Cc2cc(O)cc(O)c2)cc1. The Labute approximate surface area is 149 Å². The van der Waals surface area contributed by atoms with Gasteiger partial charge in [-0.05, 0) is 42.5 Å². The van der Waals surface area contributed by atoms with Crippen molar-refractivity contribution in [2.24, 2.45) is 4.99 Å². The van der Waals surface area contributed by atoms with Gasteiger partial charge in [0, 0.05) is 30.2 Å². The van der Waals surface area contributed by atoms with Crippen molar-refractivity contribution in [2.75, 3.05) is 4.72 Å². The van der Waals surface area contributed by atoms with Crippen LogP contribution in [0.3, 0.4) is 0 Å². The molecule has 0 spiro atoms. The molecule has 8 nitrogen and oxygen atoms in total. The minimum absolute atomic E-state index is 0.0155. The molecule has 0 fully saturated rings. The van der Waals surface area contributed by atoms with Crippen molar-refractivity contribution in [3.8, 4) is 11.5 Å². The molecule has 2 aromatic carbocycles. The van der Waals surface area contributed by atoms with Crippen molar-refractivity contribution in [3.05, 3.63) is 66.5 Å². The second-order valence-corrected chi connectivity index (χ2v) is 6.90. The van der Waals surface area contributed by atoms with E-state index >= 15 is 0 Å². The summed E-state index contributed by atoms with van der Waals surface area (Å²) in [6.45, 7) is 0. The van der Waals surface area contributed by atoms with Crippen LogP contribution in [0.5, 0.6) is 11.5 Å². The van der Waals surface area contributed by atoms with Crippen LogP contribution in [-0.2, 0) is 10.0 Å². The number of hydrogen-bond donors (Lipinski definition) is 3. The lowest BCUT2D eigenvalue weighted by Gasteiger charge is -2.06. The monoisotopic (exact) mass is 370 g/mol. The number of phenolic OH excluding ortho intramolecular Hbond substituents is 2. The van der Waals surface area contributed by atoms with Crippen LogP contribution in [0.2, 0.25) is 0 Å². The van der Waals surface area contributed by atoms with Crippen LogP contribution in [0.1, 0.15) is 5.56 Å². The first-order chi connectivity index (χ1) is 12.4. The first kappa shape index (κ1) is 17.4. The van der Waals surface area contributed by atoms with E-state index in [4.69, 9.17) is 0 Å². The fourth-order valence-electron chi connectivity index (χ4n) is 2.08. The molecule has 1 aromatic heterocycles. The predicted molar refractivity (Wildman–Crippen MR) is 96.3 cm³/mol. The van der Waals surface area contributed by atoms with Crippen molar-refractivity contribution in [1.29, 1.82) is 0 Å². The molecule has 132 valence electrons. The van der Waals surface area contributed by atoms with Crippen LogP contribution >= 0.6 is 0 Å². The van der Waals surface area contributed by atoms with Gasteiger partial charge in [-0.25, -0.2) is 23.1 Å². The Balaban J connectivity index is 1.76. The molecule has 0 amide bonds. The van der Waals surface area contributed by atoms with E-state index < -0.39 is 10.0 Å². The Morgan fingerprint density at radius 2 is 1.58 bits per heavy atom. The minimum atomic E-state index is -3.80. The first-order valence-electron chi connectivity index (χ1n) is 7.39. The standard InChI is InChI=1S/C17H14N4O4S/c22-14-8-12(9-15(23)10-14)11-20-13-2-4-16(5-3-13)26(24,25)21-17-18-6-1-7-19-17/h1-11,22-23H,(H,18,19,21). The molecular weight excluding hydrogens is 356 g/mol. The van der Waals surface area contributed by atoms with Gasteiger partial charge in [0.05, 0.1) is 10.6 Å². The second-order valence-electron chi connectivity index (χ2n) is 5.21. The van der Waals surface area contributed by atoms with E-state index in [1.165, 1.54) is 61.1 Å². The third kappa shape index (κ3) is 4.33. The lowest BCUT2D eigenvalue weighted by molar-refractivity contribution is 0.450. The molecule has 0 radical (unpaired) electrons. The van der Waals surface area contributed by atoms with Gasteiger partial charge in [0.2, 0.25) is 5.95 Å². The molecule has 3 N–H and O–H groups in total. The van der Waals surface area contributed by atoms with E-state index in [-0.39, 0.29) is 22.3 Å². The van der Waals surface area contributed by atoms with E-state index in [0.717, 1.165) is 0 Å². The van der Waals surface area contributed by atoms with Crippen LogP contribution < -0.4 is 4.72 Å². The largest absolute Gasteiger partial charge is 0.508 e. The maximum absolute atomic E-state index is 12.3. The van der Waals surface area contributed by atoms with Gasteiger partial charge >= 0.3 is 0 Å². The van der Waals surface area contributed by atoms with E-state index in [9.17, 15) is 18.6 Å². The van der Waals surface area contributed by atoms with Gasteiger partial charge < -0.3 is 10.2 Å². The van der Waals surface area contributed by atoms with E-state index in [1.54, 1.807) is 6.07 Å². The predicted octanol–water partition coefficient (Wildman–Crippen LogP) is 2.44. The maximum atomic E-state index is 12.3. The number of aliphatic imine (C=N–C) groups is 1. The summed E-state index contributed by atoms with van der Waals surface area (Å²) in [5, 5.41) is 18.9.